The van der Waals surface area contributed by atoms with Gasteiger partial charge in [-0.3, -0.25) is 4.68 Å². The van der Waals surface area contributed by atoms with Gasteiger partial charge >= 0.3 is 5.97 Å². The van der Waals surface area contributed by atoms with Crippen molar-refractivity contribution in [3.8, 4) is 0 Å². The van der Waals surface area contributed by atoms with Gasteiger partial charge in [0, 0.05) is 19.6 Å². The van der Waals surface area contributed by atoms with Crippen LogP contribution in [0.4, 0.5) is 11.6 Å². The van der Waals surface area contributed by atoms with Crippen LogP contribution < -0.4 is 16.4 Å². The summed E-state index contributed by atoms with van der Waals surface area (Å²) >= 11 is 0. The molecule has 0 bridgehead atoms. The number of esters is 1. The molecule has 7 heteroatoms. The highest BCUT2D eigenvalue weighted by molar-refractivity contribution is 5.99. The summed E-state index contributed by atoms with van der Waals surface area (Å²) in [6, 6.07) is 0.271. The van der Waals surface area contributed by atoms with Crippen LogP contribution in [0.15, 0.2) is 0 Å². The molecule has 1 unspecified atom stereocenters. The largest absolute Gasteiger partial charge is 0.465 e. The molecule has 1 saturated heterocycles. The number of hydrogen-bond donors (Lipinski definition) is 3. The molecule has 0 radical (unpaired) electrons. The molecular formula is C10H17N5O2. The van der Waals surface area contributed by atoms with Crippen LogP contribution in [0.2, 0.25) is 0 Å². The van der Waals surface area contributed by atoms with E-state index in [4.69, 9.17) is 10.5 Å². The van der Waals surface area contributed by atoms with Crippen LogP contribution >= 0.6 is 0 Å². The fourth-order valence-corrected chi connectivity index (χ4v) is 1.91. The molecule has 1 atom stereocenters. The number of ether oxygens (including phenoxy) is 1. The number of carbonyl (C=O) groups excluding carboxylic acids is 1. The van der Waals surface area contributed by atoms with Gasteiger partial charge in [-0.05, 0) is 13.0 Å². The van der Waals surface area contributed by atoms with E-state index in [1.54, 1.807) is 7.05 Å². The van der Waals surface area contributed by atoms with Gasteiger partial charge in [0.05, 0.1) is 7.11 Å². The summed E-state index contributed by atoms with van der Waals surface area (Å²) in [5.74, 6) is 0.333. The highest BCUT2D eigenvalue weighted by atomic mass is 16.5. The zero-order valence-corrected chi connectivity index (χ0v) is 9.99. The zero-order chi connectivity index (χ0) is 12.4. The third kappa shape index (κ3) is 2.19. The molecule has 0 aliphatic carbocycles. The Labute approximate surface area is 99.3 Å². The normalized spacial score (nSPS) is 19.3. The number of aryl methyl sites for hydroxylation is 1. The summed E-state index contributed by atoms with van der Waals surface area (Å²) < 4.78 is 6.18. The average molecular weight is 239 g/mol. The first-order valence-electron chi connectivity index (χ1n) is 5.51. The first-order valence-corrected chi connectivity index (χ1v) is 5.51. The second-order valence-corrected chi connectivity index (χ2v) is 4.06. The van der Waals surface area contributed by atoms with Crippen LogP contribution in [0.1, 0.15) is 16.8 Å². The van der Waals surface area contributed by atoms with E-state index in [1.807, 2.05) is 0 Å². The number of nitrogens with two attached hydrogens (primary N) is 1. The highest BCUT2D eigenvalue weighted by Gasteiger charge is 2.24. The molecule has 1 fully saturated rings. The highest BCUT2D eigenvalue weighted by Crippen LogP contribution is 2.23. The van der Waals surface area contributed by atoms with E-state index in [9.17, 15) is 4.79 Å². The summed E-state index contributed by atoms with van der Waals surface area (Å²) in [5, 5.41) is 10.6. The minimum atomic E-state index is -0.468. The number of nitrogen functional groups attached to an aromatic ring is 1. The van der Waals surface area contributed by atoms with Crippen molar-refractivity contribution in [1.29, 1.82) is 0 Å². The summed E-state index contributed by atoms with van der Waals surface area (Å²) in [4.78, 5) is 11.6. The maximum atomic E-state index is 11.6. The van der Waals surface area contributed by atoms with Gasteiger partial charge < -0.3 is 21.1 Å². The number of methoxy groups -OCH3 is 1. The Morgan fingerprint density at radius 1 is 1.71 bits per heavy atom. The van der Waals surface area contributed by atoms with E-state index >= 15 is 0 Å². The van der Waals surface area contributed by atoms with Gasteiger partial charge in [-0.25, -0.2) is 4.79 Å². The first-order chi connectivity index (χ1) is 8.13. The fourth-order valence-electron chi connectivity index (χ4n) is 1.91. The minimum Gasteiger partial charge on any atom is -0.465 e. The summed E-state index contributed by atoms with van der Waals surface area (Å²) in [5.41, 5.74) is 6.11. The van der Waals surface area contributed by atoms with Crippen molar-refractivity contribution >= 4 is 17.6 Å². The predicted molar refractivity (Wildman–Crippen MR) is 63.9 cm³/mol. The Balaban J connectivity index is 2.25. The van der Waals surface area contributed by atoms with E-state index < -0.39 is 5.97 Å². The predicted octanol–water partition coefficient (Wildman–Crippen LogP) is -0.437. The van der Waals surface area contributed by atoms with E-state index in [0.717, 1.165) is 19.5 Å². The van der Waals surface area contributed by atoms with Gasteiger partial charge in [0.15, 0.2) is 5.82 Å². The van der Waals surface area contributed by atoms with Crippen LogP contribution in [0.25, 0.3) is 0 Å². The quantitative estimate of drug-likeness (QED) is 0.619. The molecule has 1 aliphatic rings. The maximum Gasteiger partial charge on any atom is 0.345 e. The lowest BCUT2D eigenvalue weighted by Crippen LogP contribution is -2.23. The number of rotatable bonds is 3. The van der Waals surface area contributed by atoms with E-state index in [2.05, 4.69) is 15.7 Å². The molecule has 17 heavy (non-hydrogen) atoms. The van der Waals surface area contributed by atoms with Crippen LogP contribution in [0, 0.1) is 0 Å². The molecule has 0 spiro atoms. The average Bonchev–Trinajstić information content (AvgIpc) is 2.89. The maximum absolute atomic E-state index is 11.6. The minimum absolute atomic E-state index is 0.271. The van der Waals surface area contributed by atoms with Crippen LogP contribution in [-0.4, -0.2) is 42.0 Å². The van der Waals surface area contributed by atoms with E-state index in [1.165, 1.54) is 11.8 Å². The molecule has 1 aromatic rings. The topological polar surface area (TPSA) is 94.2 Å². The molecule has 1 aliphatic heterocycles. The van der Waals surface area contributed by atoms with Crippen LogP contribution in [-0.2, 0) is 11.8 Å². The smallest absolute Gasteiger partial charge is 0.345 e. The Morgan fingerprint density at radius 3 is 3.06 bits per heavy atom. The zero-order valence-electron chi connectivity index (χ0n) is 9.99. The van der Waals surface area contributed by atoms with Crippen molar-refractivity contribution in [2.75, 3.05) is 31.2 Å². The van der Waals surface area contributed by atoms with Crippen LogP contribution in [0.3, 0.4) is 0 Å². The van der Waals surface area contributed by atoms with E-state index in [0.29, 0.717) is 17.2 Å². The molecule has 2 rings (SSSR count). The molecule has 1 aromatic heterocycles. The molecule has 0 aromatic carbocycles. The fraction of sp³-hybridized carbons (Fsp3) is 0.600. The van der Waals surface area contributed by atoms with E-state index in [-0.39, 0.29) is 6.04 Å². The molecular weight excluding hydrogens is 222 g/mol. The Bertz CT molecular complexity index is 423. The molecule has 0 amide bonds. The van der Waals surface area contributed by atoms with Gasteiger partial charge in [-0.1, -0.05) is 0 Å². The number of carbonyl (C=O) groups is 1. The first kappa shape index (κ1) is 11.7. The van der Waals surface area contributed by atoms with Gasteiger partial charge in [0.25, 0.3) is 0 Å². The third-order valence-electron chi connectivity index (χ3n) is 2.88. The monoisotopic (exact) mass is 239 g/mol. The second-order valence-electron chi connectivity index (χ2n) is 4.06. The number of nitrogens with zero attached hydrogens (tertiary/aromatic N) is 2. The Kier molecular flexibility index (Phi) is 3.19. The standard InChI is InChI=1S/C10H17N5O2/c1-15-8(11)7(10(16)17-2)9(14-15)13-6-3-4-12-5-6/h6,12H,3-5,11H2,1-2H3,(H,13,14). The lowest BCUT2D eigenvalue weighted by Gasteiger charge is -2.11. The van der Waals surface area contributed by atoms with Gasteiger partial charge in [0.2, 0.25) is 0 Å². The van der Waals surface area contributed by atoms with Gasteiger partial charge in [0.1, 0.15) is 11.4 Å². The van der Waals surface area contributed by atoms with Crippen molar-refractivity contribution < 1.29 is 9.53 Å². The summed E-state index contributed by atoms with van der Waals surface area (Å²) in [6.07, 6.45) is 0.997. The Morgan fingerprint density at radius 2 is 2.47 bits per heavy atom. The van der Waals surface area contributed by atoms with Gasteiger partial charge in [-0.15, -0.1) is 0 Å². The lowest BCUT2D eigenvalue weighted by molar-refractivity contribution is 0.0603. The van der Waals surface area contributed by atoms with Crippen molar-refractivity contribution in [3.63, 3.8) is 0 Å². The molecule has 0 saturated carbocycles. The van der Waals surface area contributed by atoms with Crippen molar-refractivity contribution in [2.45, 2.75) is 12.5 Å². The summed E-state index contributed by atoms with van der Waals surface area (Å²) in [7, 11) is 3.02. The molecule has 2 heterocycles. The number of hydrogen-bond acceptors (Lipinski definition) is 6. The van der Waals surface area contributed by atoms with Crippen molar-refractivity contribution in [1.82, 2.24) is 15.1 Å². The van der Waals surface area contributed by atoms with Crippen LogP contribution in [0.5, 0.6) is 0 Å². The third-order valence-corrected chi connectivity index (χ3v) is 2.88. The summed E-state index contributed by atoms with van der Waals surface area (Å²) in [6.45, 7) is 1.82. The number of anilines is 2. The van der Waals surface area contributed by atoms with Crippen molar-refractivity contribution in [2.24, 2.45) is 7.05 Å². The molecule has 7 nitrogen and oxygen atoms in total. The second kappa shape index (κ2) is 4.62. The molecule has 4 N–H and O–H groups in total. The Hall–Kier alpha value is -1.76. The number of nitrogens with one attached hydrogen (secondary N) is 2. The molecule has 94 valence electrons. The number of aromatic nitrogens is 2. The van der Waals surface area contributed by atoms with Crippen molar-refractivity contribution in [3.05, 3.63) is 5.56 Å². The lowest BCUT2D eigenvalue weighted by atomic mass is 10.2. The SMILES string of the molecule is COC(=O)c1c(NC2CCNC2)nn(C)c1N. The van der Waals surface area contributed by atoms with Gasteiger partial charge in [-0.2, -0.15) is 5.10 Å².